The Morgan fingerprint density at radius 2 is 2.00 bits per heavy atom. The van der Waals surface area contributed by atoms with Crippen molar-refractivity contribution in [3.63, 3.8) is 0 Å². The summed E-state index contributed by atoms with van der Waals surface area (Å²) in [5.74, 6) is 0.866. The second kappa shape index (κ2) is 5.19. The van der Waals surface area contributed by atoms with Crippen LogP contribution in [0, 0.1) is 6.92 Å². The summed E-state index contributed by atoms with van der Waals surface area (Å²) < 4.78 is 0. The van der Waals surface area contributed by atoms with Gasteiger partial charge in [0.2, 0.25) is 0 Å². The van der Waals surface area contributed by atoms with E-state index in [2.05, 4.69) is 30.1 Å². The normalized spacial score (nSPS) is 12.2. The zero-order valence-electron chi connectivity index (χ0n) is 11.0. The Bertz CT molecular complexity index is 520. The lowest BCUT2D eigenvalue weighted by Gasteiger charge is -2.19. The Hall–Kier alpha value is -1.87. The molecule has 0 radical (unpaired) electrons. The van der Waals surface area contributed by atoms with Gasteiger partial charge in [-0.25, -0.2) is 4.98 Å². The van der Waals surface area contributed by atoms with Gasteiger partial charge in [-0.3, -0.25) is 0 Å². The summed E-state index contributed by atoms with van der Waals surface area (Å²) in [7, 11) is 1.99. The fraction of sp³-hybridized carbons (Fsp3) is 0.267. The first kappa shape index (κ1) is 12.6. The van der Waals surface area contributed by atoms with Crippen LogP contribution in [0.2, 0.25) is 0 Å². The van der Waals surface area contributed by atoms with Crippen molar-refractivity contribution >= 4 is 11.5 Å². The van der Waals surface area contributed by atoms with Crippen molar-refractivity contribution in [1.82, 2.24) is 4.98 Å². The Labute approximate surface area is 108 Å². The van der Waals surface area contributed by atoms with Crippen LogP contribution in [0.1, 0.15) is 24.2 Å². The molecule has 94 valence electrons. The summed E-state index contributed by atoms with van der Waals surface area (Å²) in [5.41, 5.74) is 3.16. The third kappa shape index (κ3) is 2.68. The number of benzene rings is 1. The van der Waals surface area contributed by atoms with Gasteiger partial charge in [0.25, 0.3) is 0 Å². The van der Waals surface area contributed by atoms with Gasteiger partial charge in [-0.15, -0.1) is 0 Å². The lowest BCUT2D eigenvalue weighted by atomic mass is 10.2. The van der Waals surface area contributed by atoms with Gasteiger partial charge in [-0.05, 0) is 43.2 Å². The molecular formula is C15H18N2O. The largest absolute Gasteiger partial charge is 0.389 e. The van der Waals surface area contributed by atoms with Crippen LogP contribution in [0.15, 0.2) is 42.6 Å². The molecule has 1 unspecified atom stereocenters. The number of aliphatic hydroxyl groups excluding tert-OH is 1. The standard InChI is InChI=1S/C15H18N2O/c1-11-5-4-6-14(9-11)17(3)15-8-7-13(10-16-15)12(2)18/h4-10,12,18H,1-3H3. The van der Waals surface area contributed by atoms with E-state index < -0.39 is 6.10 Å². The molecule has 1 atom stereocenters. The number of anilines is 2. The summed E-state index contributed by atoms with van der Waals surface area (Å²) in [5, 5.41) is 9.45. The number of aromatic nitrogens is 1. The highest BCUT2D eigenvalue weighted by Gasteiger charge is 2.06. The van der Waals surface area contributed by atoms with E-state index in [1.807, 2.05) is 30.1 Å². The van der Waals surface area contributed by atoms with Gasteiger partial charge in [0.1, 0.15) is 5.82 Å². The first-order chi connectivity index (χ1) is 8.58. The van der Waals surface area contributed by atoms with Crippen molar-refractivity contribution in [2.75, 3.05) is 11.9 Å². The predicted molar refractivity (Wildman–Crippen MR) is 74.1 cm³/mol. The van der Waals surface area contributed by atoms with Crippen LogP contribution in [-0.4, -0.2) is 17.1 Å². The van der Waals surface area contributed by atoms with E-state index >= 15 is 0 Å². The highest BCUT2D eigenvalue weighted by Crippen LogP contribution is 2.23. The highest BCUT2D eigenvalue weighted by molar-refractivity contribution is 5.59. The molecule has 0 aliphatic heterocycles. The quantitative estimate of drug-likeness (QED) is 0.897. The van der Waals surface area contributed by atoms with Crippen molar-refractivity contribution < 1.29 is 5.11 Å². The molecule has 0 spiro atoms. The van der Waals surface area contributed by atoms with E-state index in [-0.39, 0.29) is 0 Å². The van der Waals surface area contributed by atoms with Crippen LogP contribution in [0.3, 0.4) is 0 Å². The predicted octanol–water partition coefficient (Wildman–Crippen LogP) is 3.21. The lowest BCUT2D eigenvalue weighted by molar-refractivity contribution is 0.199. The molecule has 3 heteroatoms. The van der Waals surface area contributed by atoms with E-state index in [4.69, 9.17) is 0 Å². The van der Waals surface area contributed by atoms with Gasteiger partial charge in [0, 0.05) is 18.9 Å². The van der Waals surface area contributed by atoms with Crippen LogP contribution in [0.4, 0.5) is 11.5 Å². The maximum atomic E-state index is 9.45. The first-order valence-corrected chi connectivity index (χ1v) is 6.02. The Kier molecular flexibility index (Phi) is 3.63. The zero-order chi connectivity index (χ0) is 13.1. The summed E-state index contributed by atoms with van der Waals surface area (Å²) in [6.07, 6.45) is 1.24. The van der Waals surface area contributed by atoms with Crippen molar-refractivity contribution in [3.05, 3.63) is 53.7 Å². The molecular weight excluding hydrogens is 224 g/mol. The van der Waals surface area contributed by atoms with Gasteiger partial charge in [-0.2, -0.15) is 0 Å². The average Bonchev–Trinajstić information content (AvgIpc) is 2.38. The van der Waals surface area contributed by atoms with Crippen LogP contribution < -0.4 is 4.90 Å². The third-order valence-corrected chi connectivity index (χ3v) is 2.99. The SMILES string of the molecule is Cc1cccc(N(C)c2ccc(C(C)O)cn2)c1. The van der Waals surface area contributed by atoms with Gasteiger partial charge in [0.05, 0.1) is 6.10 Å². The molecule has 1 heterocycles. The molecule has 2 rings (SSSR count). The summed E-state index contributed by atoms with van der Waals surface area (Å²) in [6, 6.07) is 12.1. The minimum atomic E-state index is -0.476. The first-order valence-electron chi connectivity index (χ1n) is 6.02. The molecule has 1 aromatic carbocycles. The average molecular weight is 242 g/mol. The topological polar surface area (TPSA) is 36.4 Å². The molecule has 0 aliphatic rings. The monoisotopic (exact) mass is 242 g/mol. The fourth-order valence-electron chi connectivity index (χ4n) is 1.81. The molecule has 0 aliphatic carbocycles. The van der Waals surface area contributed by atoms with Gasteiger partial charge in [-0.1, -0.05) is 18.2 Å². The Morgan fingerprint density at radius 1 is 1.22 bits per heavy atom. The molecule has 0 bridgehead atoms. The number of nitrogens with zero attached hydrogens (tertiary/aromatic N) is 2. The number of hydrogen-bond acceptors (Lipinski definition) is 3. The van der Waals surface area contributed by atoms with Crippen molar-refractivity contribution in [2.45, 2.75) is 20.0 Å². The maximum Gasteiger partial charge on any atom is 0.132 e. The van der Waals surface area contributed by atoms with E-state index in [0.29, 0.717) is 0 Å². The second-order valence-corrected chi connectivity index (χ2v) is 4.52. The highest BCUT2D eigenvalue weighted by atomic mass is 16.3. The molecule has 0 fully saturated rings. The number of pyridine rings is 1. The van der Waals surface area contributed by atoms with E-state index in [1.165, 1.54) is 5.56 Å². The van der Waals surface area contributed by atoms with Crippen molar-refractivity contribution in [3.8, 4) is 0 Å². The summed E-state index contributed by atoms with van der Waals surface area (Å²) in [4.78, 5) is 6.40. The smallest absolute Gasteiger partial charge is 0.132 e. The van der Waals surface area contributed by atoms with Crippen LogP contribution in [0.25, 0.3) is 0 Å². The molecule has 2 aromatic rings. The molecule has 1 aromatic heterocycles. The van der Waals surface area contributed by atoms with Crippen LogP contribution in [0.5, 0.6) is 0 Å². The van der Waals surface area contributed by atoms with Gasteiger partial charge < -0.3 is 10.0 Å². The van der Waals surface area contributed by atoms with E-state index in [9.17, 15) is 5.11 Å². The fourth-order valence-corrected chi connectivity index (χ4v) is 1.81. The molecule has 3 nitrogen and oxygen atoms in total. The molecule has 0 amide bonds. The van der Waals surface area contributed by atoms with E-state index in [0.717, 1.165) is 17.1 Å². The molecule has 0 saturated carbocycles. The number of aliphatic hydroxyl groups is 1. The molecule has 0 saturated heterocycles. The molecule has 18 heavy (non-hydrogen) atoms. The second-order valence-electron chi connectivity index (χ2n) is 4.52. The van der Waals surface area contributed by atoms with E-state index in [1.54, 1.807) is 13.1 Å². The number of aryl methyl sites for hydroxylation is 1. The number of rotatable bonds is 3. The van der Waals surface area contributed by atoms with Gasteiger partial charge in [0.15, 0.2) is 0 Å². The third-order valence-electron chi connectivity index (χ3n) is 2.99. The van der Waals surface area contributed by atoms with Crippen LogP contribution >= 0.6 is 0 Å². The maximum absolute atomic E-state index is 9.45. The summed E-state index contributed by atoms with van der Waals surface area (Å²) in [6.45, 7) is 3.81. The Balaban J connectivity index is 2.26. The van der Waals surface area contributed by atoms with Crippen molar-refractivity contribution in [1.29, 1.82) is 0 Å². The van der Waals surface area contributed by atoms with Gasteiger partial charge >= 0.3 is 0 Å². The van der Waals surface area contributed by atoms with Crippen molar-refractivity contribution in [2.24, 2.45) is 0 Å². The lowest BCUT2D eigenvalue weighted by Crippen LogP contribution is -2.11. The molecule has 1 N–H and O–H groups in total. The minimum Gasteiger partial charge on any atom is -0.389 e. The minimum absolute atomic E-state index is 0.476. The summed E-state index contributed by atoms with van der Waals surface area (Å²) >= 11 is 0. The Morgan fingerprint density at radius 3 is 2.56 bits per heavy atom. The van der Waals surface area contributed by atoms with Crippen LogP contribution in [-0.2, 0) is 0 Å². The number of hydrogen-bond donors (Lipinski definition) is 1. The zero-order valence-corrected chi connectivity index (χ0v) is 11.0.